The van der Waals surface area contributed by atoms with Crippen LogP contribution in [0.2, 0.25) is 5.02 Å². The third-order valence-electron chi connectivity index (χ3n) is 3.39. The first-order valence-corrected chi connectivity index (χ1v) is 8.84. The lowest BCUT2D eigenvalue weighted by molar-refractivity contribution is -0.122. The lowest BCUT2D eigenvalue weighted by Crippen LogP contribution is -2.34. The zero-order chi connectivity index (χ0) is 17.5. The monoisotopic (exact) mass is 362 g/mol. The molecule has 2 rings (SSSR count). The van der Waals surface area contributed by atoms with E-state index in [9.17, 15) is 9.59 Å². The highest BCUT2D eigenvalue weighted by atomic mass is 35.5. The maximum atomic E-state index is 12.0. The van der Waals surface area contributed by atoms with Gasteiger partial charge >= 0.3 is 0 Å². The van der Waals surface area contributed by atoms with E-state index in [2.05, 4.69) is 10.6 Å². The molecule has 0 aromatic heterocycles. The van der Waals surface area contributed by atoms with Crippen molar-refractivity contribution in [1.82, 2.24) is 5.32 Å². The molecule has 0 aliphatic rings. The Morgan fingerprint density at radius 1 is 1.00 bits per heavy atom. The molecule has 0 spiro atoms. The minimum absolute atomic E-state index is 0.0598. The van der Waals surface area contributed by atoms with E-state index in [1.807, 2.05) is 50.2 Å². The third kappa shape index (κ3) is 5.28. The van der Waals surface area contributed by atoms with Gasteiger partial charge in [-0.3, -0.25) is 9.59 Å². The first kappa shape index (κ1) is 18.4. The number of thioether (sulfide) groups is 1. The summed E-state index contributed by atoms with van der Waals surface area (Å²) in [6.07, 6.45) is 0. The third-order valence-corrected chi connectivity index (χ3v) is 4.90. The number of nitrogens with one attached hydrogen (secondary N) is 2. The minimum atomic E-state index is -0.247. The van der Waals surface area contributed by atoms with Gasteiger partial charge in [-0.1, -0.05) is 41.9 Å². The lowest BCUT2D eigenvalue weighted by Gasteiger charge is -2.12. The van der Waals surface area contributed by atoms with E-state index in [1.54, 1.807) is 6.07 Å². The van der Waals surface area contributed by atoms with Crippen LogP contribution in [0, 0.1) is 13.8 Å². The van der Waals surface area contributed by atoms with E-state index in [1.165, 1.54) is 11.8 Å². The molecule has 0 bridgehead atoms. The second kappa shape index (κ2) is 8.76. The van der Waals surface area contributed by atoms with Gasteiger partial charge in [-0.15, -0.1) is 11.8 Å². The first-order chi connectivity index (χ1) is 11.5. The van der Waals surface area contributed by atoms with Crippen LogP contribution in [0.15, 0.2) is 47.4 Å². The Bertz CT molecular complexity index is 729. The number of carbonyl (C=O) groups excluding carboxylic acids is 2. The van der Waals surface area contributed by atoms with Crippen LogP contribution in [-0.4, -0.2) is 24.1 Å². The molecule has 0 heterocycles. The summed E-state index contributed by atoms with van der Waals surface area (Å²) < 4.78 is 0. The summed E-state index contributed by atoms with van der Waals surface area (Å²) in [4.78, 5) is 24.7. The van der Waals surface area contributed by atoms with Crippen molar-refractivity contribution in [3.05, 3.63) is 58.6 Å². The maximum absolute atomic E-state index is 12.0. The highest BCUT2D eigenvalue weighted by molar-refractivity contribution is 8.00. The Morgan fingerprint density at radius 3 is 2.33 bits per heavy atom. The second-order valence-corrected chi connectivity index (χ2v) is 6.74. The molecule has 126 valence electrons. The summed E-state index contributed by atoms with van der Waals surface area (Å²) in [6.45, 7) is 3.80. The quantitative estimate of drug-likeness (QED) is 0.768. The summed E-state index contributed by atoms with van der Waals surface area (Å²) in [5.41, 5.74) is 2.77. The van der Waals surface area contributed by atoms with Gasteiger partial charge in [0.1, 0.15) is 0 Å². The molecule has 6 heteroatoms. The number of aryl methyl sites for hydroxylation is 2. The number of hydrogen-bond acceptors (Lipinski definition) is 3. The van der Waals surface area contributed by atoms with E-state index in [0.717, 1.165) is 21.7 Å². The molecule has 0 radical (unpaired) electrons. The molecular formula is C18H19ClN2O2S. The largest absolute Gasteiger partial charge is 0.346 e. The number of rotatable bonds is 6. The van der Waals surface area contributed by atoms with Crippen molar-refractivity contribution >= 4 is 40.9 Å². The van der Waals surface area contributed by atoms with Crippen LogP contribution in [-0.2, 0) is 9.59 Å². The topological polar surface area (TPSA) is 58.2 Å². The summed E-state index contributed by atoms with van der Waals surface area (Å²) in [6, 6.07) is 13.1. The Labute approximate surface area is 151 Å². The van der Waals surface area contributed by atoms with Crippen LogP contribution in [0.5, 0.6) is 0 Å². The molecule has 0 unspecified atom stereocenters. The van der Waals surface area contributed by atoms with Crippen molar-refractivity contribution in [2.24, 2.45) is 0 Å². The molecular weight excluding hydrogens is 344 g/mol. The van der Waals surface area contributed by atoms with E-state index in [0.29, 0.717) is 5.02 Å². The molecule has 2 N–H and O–H groups in total. The Morgan fingerprint density at radius 2 is 1.67 bits per heavy atom. The van der Waals surface area contributed by atoms with E-state index < -0.39 is 0 Å². The molecule has 0 saturated heterocycles. The average Bonchev–Trinajstić information content (AvgIpc) is 2.56. The molecule has 0 saturated carbocycles. The fourth-order valence-electron chi connectivity index (χ4n) is 2.13. The molecule has 24 heavy (non-hydrogen) atoms. The number of para-hydroxylation sites is 1. The number of halogens is 1. The number of anilines is 1. The van der Waals surface area contributed by atoms with Crippen LogP contribution < -0.4 is 10.6 Å². The fourth-order valence-corrected chi connectivity index (χ4v) is 3.20. The van der Waals surface area contributed by atoms with E-state index in [-0.39, 0.29) is 24.1 Å². The number of amides is 2. The van der Waals surface area contributed by atoms with Crippen molar-refractivity contribution in [1.29, 1.82) is 0 Å². The number of hydrogen-bond donors (Lipinski definition) is 2. The fraction of sp³-hybridized carbons (Fsp3) is 0.222. The Kier molecular flexibility index (Phi) is 6.70. The van der Waals surface area contributed by atoms with Crippen molar-refractivity contribution in [2.45, 2.75) is 18.7 Å². The van der Waals surface area contributed by atoms with Crippen LogP contribution in [0.1, 0.15) is 11.1 Å². The standard InChI is InChI=1S/C18H19ClN2O2S/c1-12-6-5-7-13(2)18(12)21-16(22)10-20-17(23)11-24-15-9-4-3-8-14(15)19/h3-9H,10-11H2,1-2H3,(H,20,23)(H,21,22). The number of benzene rings is 2. The summed E-state index contributed by atoms with van der Waals surface area (Å²) in [5.74, 6) is -0.250. The molecule has 2 aromatic rings. The van der Waals surface area contributed by atoms with Gasteiger partial charge in [-0.2, -0.15) is 0 Å². The van der Waals surface area contributed by atoms with Gasteiger partial charge in [-0.05, 0) is 37.1 Å². The Hall–Kier alpha value is -1.98. The summed E-state index contributed by atoms with van der Waals surface area (Å²) >= 11 is 7.38. The van der Waals surface area contributed by atoms with Gasteiger partial charge in [0.2, 0.25) is 11.8 Å². The van der Waals surface area contributed by atoms with Gasteiger partial charge in [0, 0.05) is 10.6 Å². The SMILES string of the molecule is Cc1cccc(C)c1NC(=O)CNC(=O)CSc1ccccc1Cl. The predicted octanol–water partition coefficient (Wildman–Crippen LogP) is 3.80. The normalized spacial score (nSPS) is 10.3. The molecule has 0 fully saturated rings. The van der Waals surface area contributed by atoms with Crippen molar-refractivity contribution < 1.29 is 9.59 Å². The smallest absolute Gasteiger partial charge is 0.243 e. The van der Waals surface area contributed by atoms with Crippen LogP contribution >= 0.6 is 23.4 Å². The van der Waals surface area contributed by atoms with E-state index >= 15 is 0 Å². The molecule has 0 atom stereocenters. The van der Waals surface area contributed by atoms with E-state index in [4.69, 9.17) is 11.6 Å². The minimum Gasteiger partial charge on any atom is -0.346 e. The van der Waals surface area contributed by atoms with Crippen LogP contribution in [0.3, 0.4) is 0 Å². The van der Waals surface area contributed by atoms with Gasteiger partial charge in [0.05, 0.1) is 17.3 Å². The molecule has 0 aliphatic carbocycles. The van der Waals surface area contributed by atoms with Crippen molar-refractivity contribution in [3.8, 4) is 0 Å². The second-order valence-electron chi connectivity index (χ2n) is 5.31. The Balaban J connectivity index is 1.79. The van der Waals surface area contributed by atoms with Crippen molar-refractivity contribution in [3.63, 3.8) is 0 Å². The maximum Gasteiger partial charge on any atom is 0.243 e. The zero-order valence-corrected chi connectivity index (χ0v) is 15.1. The number of carbonyl (C=O) groups is 2. The zero-order valence-electron chi connectivity index (χ0n) is 13.6. The van der Waals surface area contributed by atoms with Gasteiger partial charge in [-0.25, -0.2) is 0 Å². The molecule has 4 nitrogen and oxygen atoms in total. The first-order valence-electron chi connectivity index (χ1n) is 7.47. The van der Waals surface area contributed by atoms with Gasteiger partial charge in [0.25, 0.3) is 0 Å². The van der Waals surface area contributed by atoms with Crippen LogP contribution in [0.25, 0.3) is 0 Å². The predicted molar refractivity (Wildman–Crippen MR) is 99.7 cm³/mol. The van der Waals surface area contributed by atoms with Gasteiger partial charge in [0.15, 0.2) is 0 Å². The van der Waals surface area contributed by atoms with Crippen molar-refractivity contribution in [2.75, 3.05) is 17.6 Å². The van der Waals surface area contributed by atoms with Gasteiger partial charge < -0.3 is 10.6 Å². The summed E-state index contributed by atoms with van der Waals surface area (Å²) in [7, 11) is 0. The molecule has 0 aliphatic heterocycles. The molecule has 2 aromatic carbocycles. The molecule has 2 amide bonds. The highest BCUT2D eigenvalue weighted by Crippen LogP contribution is 2.26. The average molecular weight is 363 g/mol. The lowest BCUT2D eigenvalue weighted by atomic mass is 10.1. The summed E-state index contributed by atoms with van der Waals surface area (Å²) in [5, 5.41) is 6.07. The van der Waals surface area contributed by atoms with Crippen LogP contribution in [0.4, 0.5) is 5.69 Å². The highest BCUT2D eigenvalue weighted by Gasteiger charge is 2.10.